The van der Waals surface area contributed by atoms with Crippen LogP contribution in [0.25, 0.3) is 5.69 Å². The van der Waals surface area contributed by atoms with Crippen LogP contribution in [-0.2, 0) is 0 Å². The molecule has 0 saturated heterocycles. The van der Waals surface area contributed by atoms with Gasteiger partial charge in [-0.2, -0.15) is 0 Å². The van der Waals surface area contributed by atoms with Crippen LogP contribution in [0.3, 0.4) is 0 Å². The van der Waals surface area contributed by atoms with E-state index in [1.54, 1.807) is 23.6 Å². The summed E-state index contributed by atoms with van der Waals surface area (Å²) in [6.45, 7) is 6.37. The summed E-state index contributed by atoms with van der Waals surface area (Å²) in [7, 11) is 1.64. The van der Waals surface area contributed by atoms with Crippen LogP contribution >= 0.6 is 24.0 Å². The van der Waals surface area contributed by atoms with E-state index < -0.39 is 0 Å². The largest absolute Gasteiger partial charge is 0.497 e. The second-order valence-corrected chi connectivity index (χ2v) is 7.75. The van der Waals surface area contributed by atoms with Crippen LogP contribution in [0.15, 0.2) is 30.5 Å². The van der Waals surface area contributed by atoms with Gasteiger partial charge in [-0.3, -0.25) is 0 Å². The number of aromatic nitrogens is 3. The number of rotatable bonds is 3. The molecule has 1 aromatic heterocycles. The topological polar surface area (TPSA) is 39.9 Å². The van der Waals surface area contributed by atoms with Gasteiger partial charge in [0.1, 0.15) is 15.6 Å². The first-order valence-corrected chi connectivity index (χ1v) is 7.41. The number of methoxy groups -OCH3 is 1. The maximum Gasteiger partial charge on any atom is 0.130 e. The molecule has 0 radical (unpaired) electrons. The Balaban J connectivity index is 2.17. The van der Waals surface area contributed by atoms with Crippen molar-refractivity contribution < 1.29 is 4.74 Å². The van der Waals surface area contributed by atoms with E-state index in [4.69, 9.17) is 17.0 Å². The molecular weight excluding hydrogens is 290 g/mol. The van der Waals surface area contributed by atoms with Crippen LogP contribution in [0.5, 0.6) is 5.75 Å². The molecule has 0 aliphatic rings. The molecule has 2 aromatic rings. The third kappa shape index (κ3) is 3.80. The van der Waals surface area contributed by atoms with Crippen molar-refractivity contribution in [2.24, 2.45) is 0 Å². The fraction of sp³-hybridized carbons (Fsp3) is 0.357. The molecule has 0 bridgehead atoms. The van der Waals surface area contributed by atoms with E-state index in [1.165, 1.54) is 0 Å². The van der Waals surface area contributed by atoms with Crippen molar-refractivity contribution in [2.45, 2.75) is 25.5 Å². The monoisotopic (exact) mass is 307 g/mol. The Bertz CT molecular complexity index is 600. The van der Waals surface area contributed by atoms with Crippen molar-refractivity contribution in [2.75, 3.05) is 7.11 Å². The average Bonchev–Trinajstić information content (AvgIpc) is 2.86. The normalized spacial score (nSPS) is 11.4. The summed E-state index contributed by atoms with van der Waals surface area (Å²) in [5, 5.41) is 8.26. The molecule has 1 aromatic carbocycles. The Morgan fingerprint density at radius 2 is 1.90 bits per heavy atom. The summed E-state index contributed by atoms with van der Waals surface area (Å²) in [4.78, 5) is 0. The Hall–Kier alpha value is -1.40. The highest BCUT2D eigenvalue weighted by molar-refractivity contribution is 8.24. The number of thioether (sulfide) groups is 1. The van der Waals surface area contributed by atoms with Crippen LogP contribution in [0.2, 0.25) is 0 Å². The van der Waals surface area contributed by atoms with Gasteiger partial charge in [0.05, 0.1) is 19.0 Å². The third-order valence-corrected chi connectivity index (χ3v) is 3.90. The summed E-state index contributed by atoms with van der Waals surface area (Å²) in [5.74, 6) is 0.813. The number of nitrogens with zero attached hydrogens (tertiary/aromatic N) is 3. The molecule has 0 fully saturated rings. The van der Waals surface area contributed by atoms with Gasteiger partial charge in [-0.25, -0.2) is 4.68 Å². The predicted molar refractivity (Wildman–Crippen MR) is 87.0 cm³/mol. The lowest BCUT2D eigenvalue weighted by atomic mass is 10.3. The van der Waals surface area contributed by atoms with E-state index in [1.807, 2.05) is 30.5 Å². The fourth-order valence-electron chi connectivity index (χ4n) is 1.55. The SMILES string of the molecule is COc1ccc(-n2cc(C(=S)SC(C)(C)C)nn2)cc1. The first kappa shape index (κ1) is 15.0. The Morgan fingerprint density at radius 3 is 2.45 bits per heavy atom. The minimum absolute atomic E-state index is 0.0704. The van der Waals surface area contributed by atoms with Gasteiger partial charge in [0.15, 0.2) is 0 Å². The second kappa shape index (κ2) is 5.93. The highest BCUT2D eigenvalue weighted by Gasteiger charge is 2.17. The minimum Gasteiger partial charge on any atom is -0.497 e. The molecule has 1 heterocycles. The van der Waals surface area contributed by atoms with E-state index in [0.717, 1.165) is 21.3 Å². The molecule has 0 unspecified atom stereocenters. The van der Waals surface area contributed by atoms with Crippen LogP contribution < -0.4 is 4.74 Å². The Labute approximate surface area is 128 Å². The van der Waals surface area contributed by atoms with Gasteiger partial charge in [0, 0.05) is 4.75 Å². The standard InChI is InChI=1S/C14H17N3OS2/c1-14(2,3)20-13(19)12-9-17(16-15-12)10-5-7-11(18-4)8-6-10/h5-9H,1-4H3. The third-order valence-electron chi connectivity index (χ3n) is 2.44. The molecule has 0 aliphatic heterocycles. The van der Waals surface area contributed by atoms with E-state index in [9.17, 15) is 0 Å². The maximum atomic E-state index is 5.40. The van der Waals surface area contributed by atoms with Crippen LogP contribution in [-0.4, -0.2) is 31.0 Å². The molecule has 2 rings (SSSR count). The molecule has 106 valence electrons. The maximum absolute atomic E-state index is 5.40. The smallest absolute Gasteiger partial charge is 0.130 e. The quantitative estimate of drug-likeness (QED) is 0.812. The summed E-state index contributed by atoms with van der Waals surface area (Å²) in [6.07, 6.45) is 1.85. The number of thiocarbonyl (C=S) groups is 1. The highest BCUT2D eigenvalue weighted by Crippen LogP contribution is 2.27. The number of hydrogen-bond acceptors (Lipinski definition) is 5. The first-order chi connectivity index (χ1) is 9.39. The van der Waals surface area contributed by atoms with E-state index in [-0.39, 0.29) is 4.75 Å². The molecule has 0 spiro atoms. The summed E-state index contributed by atoms with van der Waals surface area (Å²) < 4.78 is 7.68. The van der Waals surface area contributed by atoms with Gasteiger partial charge in [-0.05, 0) is 24.3 Å². The number of ether oxygens (including phenoxy) is 1. The van der Waals surface area contributed by atoms with Gasteiger partial charge in [-0.15, -0.1) is 16.9 Å². The summed E-state index contributed by atoms with van der Waals surface area (Å²) >= 11 is 7.02. The predicted octanol–water partition coefficient (Wildman–Crippen LogP) is 3.48. The van der Waals surface area contributed by atoms with E-state index >= 15 is 0 Å². The van der Waals surface area contributed by atoms with Crippen molar-refractivity contribution in [3.63, 3.8) is 0 Å². The Morgan fingerprint density at radius 1 is 1.25 bits per heavy atom. The lowest BCUT2D eigenvalue weighted by molar-refractivity contribution is 0.414. The van der Waals surface area contributed by atoms with Gasteiger partial charge in [-0.1, -0.05) is 38.2 Å². The Kier molecular flexibility index (Phi) is 4.45. The molecule has 20 heavy (non-hydrogen) atoms. The fourth-order valence-corrected chi connectivity index (χ4v) is 3.15. The molecule has 0 saturated carbocycles. The minimum atomic E-state index is 0.0704. The van der Waals surface area contributed by atoms with Crippen molar-refractivity contribution in [3.8, 4) is 11.4 Å². The number of benzene rings is 1. The number of hydrogen-bond donors (Lipinski definition) is 0. The molecular formula is C14H17N3OS2. The molecule has 6 heteroatoms. The summed E-state index contributed by atoms with van der Waals surface area (Å²) in [5.41, 5.74) is 1.66. The molecule has 4 nitrogen and oxygen atoms in total. The van der Waals surface area contributed by atoms with Gasteiger partial charge >= 0.3 is 0 Å². The van der Waals surface area contributed by atoms with Crippen LogP contribution in [0.1, 0.15) is 26.5 Å². The highest BCUT2D eigenvalue weighted by atomic mass is 32.2. The van der Waals surface area contributed by atoms with Crippen LogP contribution in [0, 0.1) is 0 Å². The molecule has 0 N–H and O–H groups in total. The van der Waals surface area contributed by atoms with Crippen molar-refractivity contribution in [1.82, 2.24) is 15.0 Å². The molecule has 0 aliphatic carbocycles. The lowest BCUT2D eigenvalue weighted by Crippen LogP contribution is -2.11. The van der Waals surface area contributed by atoms with Crippen LogP contribution in [0.4, 0.5) is 0 Å². The van der Waals surface area contributed by atoms with E-state index in [0.29, 0.717) is 0 Å². The molecule has 0 atom stereocenters. The van der Waals surface area contributed by atoms with Gasteiger partial charge in [0.25, 0.3) is 0 Å². The van der Waals surface area contributed by atoms with Crippen molar-refractivity contribution >= 4 is 28.2 Å². The zero-order valence-electron chi connectivity index (χ0n) is 12.0. The van der Waals surface area contributed by atoms with Crippen molar-refractivity contribution in [3.05, 3.63) is 36.2 Å². The van der Waals surface area contributed by atoms with Gasteiger partial charge < -0.3 is 4.74 Å². The zero-order chi connectivity index (χ0) is 14.8. The van der Waals surface area contributed by atoms with Gasteiger partial charge in [0.2, 0.25) is 0 Å². The zero-order valence-corrected chi connectivity index (χ0v) is 13.6. The molecule has 0 amide bonds. The van der Waals surface area contributed by atoms with Crippen molar-refractivity contribution in [1.29, 1.82) is 0 Å². The summed E-state index contributed by atoms with van der Waals surface area (Å²) in [6, 6.07) is 7.63. The lowest BCUT2D eigenvalue weighted by Gasteiger charge is -2.16. The van der Waals surface area contributed by atoms with E-state index in [2.05, 4.69) is 31.1 Å². The first-order valence-electron chi connectivity index (χ1n) is 6.19. The average molecular weight is 307 g/mol. The second-order valence-electron chi connectivity index (χ2n) is 5.25.